The van der Waals surface area contributed by atoms with Crippen molar-refractivity contribution < 1.29 is 9.32 Å². The summed E-state index contributed by atoms with van der Waals surface area (Å²) >= 11 is 1.47. The summed E-state index contributed by atoms with van der Waals surface area (Å²) in [6.45, 7) is 3.31. The summed E-state index contributed by atoms with van der Waals surface area (Å²) < 4.78 is 6.97. The number of hydrogen-bond acceptors (Lipinski definition) is 7. The maximum Gasteiger partial charge on any atom is 0.280 e. The second kappa shape index (κ2) is 6.16. The van der Waals surface area contributed by atoms with Crippen LogP contribution in [0.1, 0.15) is 34.9 Å². The average Bonchev–Trinajstić information content (AvgIpc) is 3.41. The molecule has 3 aromatic heterocycles. The van der Waals surface area contributed by atoms with Crippen LogP contribution in [0.25, 0.3) is 11.6 Å². The van der Waals surface area contributed by atoms with Gasteiger partial charge in [-0.1, -0.05) is 23.4 Å². The molecule has 1 amide bonds. The number of aryl methyl sites for hydroxylation is 1. The fourth-order valence-electron chi connectivity index (χ4n) is 2.75. The van der Waals surface area contributed by atoms with Crippen molar-refractivity contribution in [1.29, 1.82) is 0 Å². The zero-order valence-corrected chi connectivity index (χ0v) is 13.9. The lowest BCUT2D eigenvalue weighted by atomic mass is 10.3. The molecule has 1 atom stereocenters. The van der Waals surface area contributed by atoms with Crippen molar-refractivity contribution in [1.82, 2.24) is 30.0 Å². The summed E-state index contributed by atoms with van der Waals surface area (Å²) in [6, 6.07) is 3.86. The number of carbonyl (C=O) groups excluding carboxylic acids is 1. The third kappa shape index (κ3) is 2.71. The molecular weight excluding hydrogens is 328 g/mol. The Labute approximate surface area is 142 Å². The summed E-state index contributed by atoms with van der Waals surface area (Å²) in [5.74, 6) is 1.10. The molecule has 9 heteroatoms. The lowest BCUT2D eigenvalue weighted by Crippen LogP contribution is -2.28. The van der Waals surface area contributed by atoms with Gasteiger partial charge in [-0.3, -0.25) is 4.79 Å². The van der Waals surface area contributed by atoms with E-state index in [1.807, 2.05) is 29.3 Å². The van der Waals surface area contributed by atoms with E-state index in [0.717, 1.165) is 17.8 Å². The Kier molecular flexibility index (Phi) is 3.85. The first-order valence-corrected chi connectivity index (χ1v) is 8.70. The molecular formula is C15H16N6O2S. The molecule has 1 unspecified atom stereocenters. The van der Waals surface area contributed by atoms with E-state index in [0.29, 0.717) is 30.4 Å². The summed E-state index contributed by atoms with van der Waals surface area (Å²) in [5.41, 5.74) is 0.560. The predicted molar refractivity (Wildman–Crippen MR) is 86.6 cm³/mol. The largest absolute Gasteiger partial charge is 0.336 e. The lowest BCUT2D eigenvalue weighted by Gasteiger charge is -2.15. The summed E-state index contributed by atoms with van der Waals surface area (Å²) in [5, 5.41) is 14.1. The molecule has 1 aliphatic heterocycles. The molecule has 0 saturated carbocycles. The molecule has 0 radical (unpaired) electrons. The van der Waals surface area contributed by atoms with Crippen LogP contribution in [-0.4, -0.2) is 49.0 Å². The zero-order chi connectivity index (χ0) is 16.5. The van der Waals surface area contributed by atoms with E-state index in [9.17, 15) is 4.79 Å². The van der Waals surface area contributed by atoms with Gasteiger partial charge in [0, 0.05) is 19.5 Å². The van der Waals surface area contributed by atoms with Gasteiger partial charge in [-0.15, -0.1) is 16.4 Å². The van der Waals surface area contributed by atoms with Gasteiger partial charge in [0.1, 0.15) is 0 Å². The Bertz CT molecular complexity index is 840. The second-order valence-electron chi connectivity index (χ2n) is 5.62. The van der Waals surface area contributed by atoms with Crippen LogP contribution in [0.4, 0.5) is 0 Å². The Morgan fingerprint density at radius 3 is 3.17 bits per heavy atom. The minimum atomic E-state index is 0.0809. The number of aromatic nitrogens is 5. The molecule has 4 rings (SSSR count). The highest BCUT2D eigenvalue weighted by molar-refractivity contribution is 7.12. The van der Waals surface area contributed by atoms with Crippen LogP contribution in [0, 0.1) is 0 Å². The van der Waals surface area contributed by atoms with Gasteiger partial charge in [-0.25, -0.2) is 4.68 Å². The Morgan fingerprint density at radius 2 is 2.42 bits per heavy atom. The highest BCUT2D eigenvalue weighted by atomic mass is 32.1. The monoisotopic (exact) mass is 344 g/mol. The van der Waals surface area contributed by atoms with Crippen molar-refractivity contribution in [2.45, 2.75) is 25.8 Å². The van der Waals surface area contributed by atoms with Crippen LogP contribution in [-0.2, 0) is 6.42 Å². The standard InChI is InChI=1S/C15H16N6O2S/c1-2-13-16-14(23-18-13)11-9-21(19-17-11)10-5-6-20(8-10)15(22)12-4-3-7-24-12/h3-4,7,9-10H,2,5-6,8H2,1H3. The van der Waals surface area contributed by atoms with Gasteiger partial charge in [0.15, 0.2) is 11.5 Å². The lowest BCUT2D eigenvalue weighted by molar-refractivity contribution is 0.0791. The van der Waals surface area contributed by atoms with Crippen LogP contribution < -0.4 is 0 Å². The molecule has 124 valence electrons. The van der Waals surface area contributed by atoms with Gasteiger partial charge in [-0.05, 0) is 17.9 Å². The second-order valence-corrected chi connectivity index (χ2v) is 6.57. The fraction of sp³-hybridized carbons (Fsp3) is 0.400. The third-order valence-electron chi connectivity index (χ3n) is 4.07. The van der Waals surface area contributed by atoms with E-state index in [2.05, 4.69) is 20.5 Å². The highest BCUT2D eigenvalue weighted by Gasteiger charge is 2.29. The first kappa shape index (κ1) is 15.0. The molecule has 0 bridgehead atoms. The van der Waals surface area contributed by atoms with Crippen LogP contribution in [0.5, 0.6) is 0 Å². The van der Waals surface area contributed by atoms with E-state index in [-0.39, 0.29) is 11.9 Å². The summed E-state index contributed by atoms with van der Waals surface area (Å²) in [4.78, 5) is 19.3. The number of likely N-dealkylation sites (tertiary alicyclic amines) is 1. The topological polar surface area (TPSA) is 89.9 Å². The molecule has 4 heterocycles. The maximum absolute atomic E-state index is 12.4. The normalized spacial score (nSPS) is 17.5. The highest BCUT2D eigenvalue weighted by Crippen LogP contribution is 2.25. The van der Waals surface area contributed by atoms with Crippen LogP contribution in [0.2, 0.25) is 0 Å². The van der Waals surface area contributed by atoms with Crippen LogP contribution in [0.3, 0.4) is 0 Å². The predicted octanol–water partition coefficient (Wildman–Crippen LogP) is 2.04. The van der Waals surface area contributed by atoms with E-state index < -0.39 is 0 Å². The van der Waals surface area contributed by atoms with Gasteiger partial charge in [0.25, 0.3) is 11.8 Å². The van der Waals surface area contributed by atoms with Crippen molar-refractivity contribution in [2.75, 3.05) is 13.1 Å². The van der Waals surface area contributed by atoms with Gasteiger partial charge in [-0.2, -0.15) is 4.98 Å². The first-order chi connectivity index (χ1) is 11.7. The Balaban J connectivity index is 1.47. The van der Waals surface area contributed by atoms with Gasteiger partial charge in [0.2, 0.25) is 0 Å². The molecule has 1 fully saturated rings. The molecule has 1 aliphatic rings. The Morgan fingerprint density at radius 1 is 1.50 bits per heavy atom. The van der Waals surface area contributed by atoms with Crippen molar-refractivity contribution in [2.24, 2.45) is 0 Å². The van der Waals surface area contributed by atoms with Gasteiger partial charge < -0.3 is 9.42 Å². The molecule has 3 aromatic rings. The fourth-order valence-corrected chi connectivity index (χ4v) is 3.44. The van der Waals surface area contributed by atoms with Crippen molar-refractivity contribution in [3.8, 4) is 11.6 Å². The van der Waals surface area contributed by atoms with Crippen LogP contribution in [0.15, 0.2) is 28.2 Å². The molecule has 0 aromatic carbocycles. The summed E-state index contributed by atoms with van der Waals surface area (Å²) in [7, 11) is 0. The van der Waals surface area contributed by atoms with E-state index in [1.54, 1.807) is 10.9 Å². The quantitative estimate of drug-likeness (QED) is 0.719. The number of amides is 1. The molecule has 0 aliphatic carbocycles. The van der Waals surface area contributed by atoms with Crippen molar-refractivity contribution in [3.63, 3.8) is 0 Å². The van der Waals surface area contributed by atoms with Crippen LogP contribution >= 0.6 is 11.3 Å². The number of carbonyl (C=O) groups is 1. The minimum Gasteiger partial charge on any atom is -0.336 e. The minimum absolute atomic E-state index is 0.0809. The first-order valence-electron chi connectivity index (χ1n) is 7.82. The maximum atomic E-state index is 12.4. The number of hydrogen-bond donors (Lipinski definition) is 0. The molecule has 0 spiro atoms. The van der Waals surface area contributed by atoms with E-state index in [1.165, 1.54) is 11.3 Å². The number of nitrogens with zero attached hydrogens (tertiary/aromatic N) is 6. The van der Waals surface area contributed by atoms with Crippen molar-refractivity contribution >= 4 is 17.2 Å². The molecule has 24 heavy (non-hydrogen) atoms. The van der Waals surface area contributed by atoms with E-state index in [4.69, 9.17) is 4.52 Å². The molecule has 1 saturated heterocycles. The number of rotatable bonds is 4. The SMILES string of the molecule is CCc1noc(-c2cn(C3CCN(C(=O)c4cccs4)C3)nn2)n1. The van der Waals surface area contributed by atoms with Gasteiger partial charge in [0.05, 0.1) is 17.1 Å². The Hall–Kier alpha value is -2.55. The smallest absolute Gasteiger partial charge is 0.280 e. The molecule has 8 nitrogen and oxygen atoms in total. The number of thiophene rings is 1. The van der Waals surface area contributed by atoms with Gasteiger partial charge >= 0.3 is 0 Å². The average molecular weight is 344 g/mol. The zero-order valence-electron chi connectivity index (χ0n) is 13.1. The third-order valence-corrected chi connectivity index (χ3v) is 4.93. The molecule has 0 N–H and O–H groups in total. The van der Waals surface area contributed by atoms with Crippen molar-refractivity contribution in [3.05, 3.63) is 34.4 Å². The summed E-state index contributed by atoms with van der Waals surface area (Å²) in [6.07, 6.45) is 3.36. The van der Waals surface area contributed by atoms with E-state index >= 15 is 0 Å².